The number of nitrogens with two attached hydrogens (primary N) is 1. The van der Waals surface area contributed by atoms with Gasteiger partial charge >= 0.3 is 0 Å². The second-order valence-corrected chi connectivity index (χ2v) is 8.98. The second-order valence-electron chi connectivity index (χ2n) is 8.54. The van der Waals surface area contributed by atoms with Crippen molar-refractivity contribution in [1.29, 1.82) is 0 Å². The van der Waals surface area contributed by atoms with Crippen LogP contribution in [0, 0.1) is 0 Å². The highest BCUT2D eigenvalue weighted by molar-refractivity contribution is 6.31. The number of aromatic amines is 1. The van der Waals surface area contributed by atoms with Gasteiger partial charge in [0.05, 0.1) is 17.3 Å². The lowest BCUT2D eigenvalue weighted by Gasteiger charge is -2.39. The zero-order valence-corrected chi connectivity index (χ0v) is 19.4. The average molecular weight is 479 g/mol. The summed E-state index contributed by atoms with van der Waals surface area (Å²) < 4.78 is 1.72. The molecule has 0 radical (unpaired) electrons. The summed E-state index contributed by atoms with van der Waals surface area (Å²) in [6, 6.07) is 4.60. The normalized spacial score (nSPS) is 14.9. The van der Waals surface area contributed by atoms with Crippen molar-refractivity contribution in [3.8, 4) is 11.4 Å². The molecule has 174 valence electrons. The minimum atomic E-state index is -0.856. The zero-order valence-electron chi connectivity index (χ0n) is 18.7. The van der Waals surface area contributed by atoms with Crippen LogP contribution in [0.5, 0.6) is 0 Å². The molecule has 3 aromatic heterocycles. The first-order chi connectivity index (χ1) is 16.2. The van der Waals surface area contributed by atoms with Crippen LogP contribution in [0.2, 0.25) is 5.02 Å². The van der Waals surface area contributed by atoms with Crippen molar-refractivity contribution in [2.24, 2.45) is 12.8 Å². The summed E-state index contributed by atoms with van der Waals surface area (Å²) in [6.45, 7) is 6.50. The highest BCUT2D eigenvalue weighted by atomic mass is 35.5. The Morgan fingerprint density at radius 3 is 2.82 bits per heavy atom. The van der Waals surface area contributed by atoms with Gasteiger partial charge in [0.1, 0.15) is 22.9 Å². The number of rotatable bonds is 5. The third-order valence-corrected chi connectivity index (χ3v) is 6.15. The number of hydrogen-bond acceptors (Lipinski definition) is 6. The van der Waals surface area contributed by atoms with Crippen LogP contribution in [0.3, 0.4) is 0 Å². The number of halogens is 1. The van der Waals surface area contributed by atoms with Crippen LogP contribution < -0.4 is 11.1 Å². The molecule has 0 saturated carbocycles. The smallest absolute Gasteiger partial charge is 0.256 e. The number of carbonyl (C=O) groups is 2. The minimum absolute atomic E-state index is 0.0357. The monoisotopic (exact) mass is 478 g/mol. The Hall–Kier alpha value is -3.76. The van der Waals surface area contributed by atoms with Crippen LogP contribution >= 0.6 is 11.6 Å². The van der Waals surface area contributed by atoms with E-state index in [1.54, 1.807) is 28.8 Å². The quantitative estimate of drug-likeness (QED) is 0.375. The predicted molar refractivity (Wildman–Crippen MR) is 129 cm³/mol. The Balaban J connectivity index is 1.48. The maximum atomic E-state index is 13.2. The molecule has 1 aromatic carbocycles. The molecular formula is C23H23ClN8O2. The van der Waals surface area contributed by atoms with Crippen LogP contribution in [-0.4, -0.2) is 66.6 Å². The highest BCUT2D eigenvalue weighted by Crippen LogP contribution is 2.29. The number of aryl methyl sites for hydroxylation is 1. The number of aromatic nitrogens is 5. The molecule has 1 aliphatic heterocycles. The Bertz CT molecular complexity index is 1470. The first kappa shape index (κ1) is 22.1. The third-order valence-electron chi connectivity index (χ3n) is 5.92. The number of carbonyl (C=O) groups excluding carboxylic acids is 2. The predicted octanol–water partition coefficient (Wildman–Crippen LogP) is 2.01. The van der Waals surface area contributed by atoms with Gasteiger partial charge in [0.2, 0.25) is 5.91 Å². The van der Waals surface area contributed by atoms with Crippen molar-refractivity contribution in [2.45, 2.75) is 19.0 Å². The molecule has 11 heteroatoms. The molecule has 2 amide bonds. The van der Waals surface area contributed by atoms with Crippen molar-refractivity contribution in [3.05, 3.63) is 53.3 Å². The fourth-order valence-electron chi connectivity index (χ4n) is 4.08. The molecule has 4 aromatic rings. The van der Waals surface area contributed by atoms with Crippen LogP contribution in [0.25, 0.3) is 33.5 Å². The van der Waals surface area contributed by atoms with Crippen molar-refractivity contribution in [3.63, 3.8) is 0 Å². The van der Waals surface area contributed by atoms with E-state index < -0.39 is 11.9 Å². The highest BCUT2D eigenvalue weighted by Gasteiger charge is 2.34. The number of H-pyrrole nitrogens is 1. The number of nitrogens with one attached hydrogen (secondary N) is 2. The number of nitrogens with zero attached hydrogens (tertiary/aromatic N) is 5. The Morgan fingerprint density at radius 2 is 2.12 bits per heavy atom. The molecule has 5 rings (SSSR count). The van der Waals surface area contributed by atoms with E-state index in [0.29, 0.717) is 46.2 Å². The molecule has 0 bridgehead atoms. The van der Waals surface area contributed by atoms with Gasteiger partial charge in [-0.05, 0) is 30.7 Å². The van der Waals surface area contributed by atoms with E-state index in [1.165, 1.54) is 6.20 Å². The molecule has 1 fully saturated rings. The average Bonchev–Trinajstić information content (AvgIpc) is 3.35. The largest absolute Gasteiger partial charge is 0.344 e. The molecule has 4 heterocycles. The summed E-state index contributed by atoms with van der Waals surface area (Å²) in [5.41, 5.74) is 9.41. The van der Waals surface area contributed by atoms with Crippen molar-refractivity contribution in [2.75, 3.05) is 13.1 Å². The van der Waals surface area contributed by atoms with E-state index in [0.717, 1.165) is 10.9 Å². The molecule has 0 aliphatic carbocycles. The lowest BCUT2D eigenvalue weighted by Crippen LogP contribution is -2.62. The van der Waals surface area contributed by atoms with E-state index in [2.05, 4.69) is 31.9 Å². The van der Waals surface area contributed by atoms with Crippen LogP contribution in [0.15, 0.2) is 42.7 Å². The maximum Gasteiger partial charge on any atom is 0.256 e. The van der Waals surface area contributed by atoms with Gasteiger partial charge in [0, 0.05) is 42.8 Å². The van der Waals surface area contributed by atoms with Crippen LogP contribution in [-0.2, 0) is 11.8 Å². The van der Waals surface area contributed by atoms with E-state index in [9.17, 15) is 9.59 Å². The first-order valence-corrected chi connectivity index (χ1v) is 11.1. The van der Waals surface area contributed by atoms with E-state index in [-0.39, 0.29) is 17.5 Å². The molecule has 1 atom stereocenters. The fraction of sp³-hybridized carbons (Fsp3) is 0.261. The van der Waals surface area contributed by atoms with Crippen molar-refractivity contribution >= 4 is 45.5 Å². The standard InChI is InChI=1S/C23H23ClN8O2/c1-11(2)18(23(34)32-9-13(25)10-32)29-22(33)15-7-26-21-20(15)28-16(8-27-21)19-14-5-4-12(24)6-17(14)31(3)30-19/h4-8,13,18H,1,9-10,25H2,2-3H3,(H,26,27)(H,29,33)/t18-/m1/s1. The molecular weight excluding hydrogens is 456 g/mol. The van der Waals surface area contributed by atoms with Crippen molar-refractivity contribution in [1.82, 2.24) is 34.9 Å². The van der Waals surface area contributed by atoms with Gasteiger partial charge in [-0.3, -0.25) is 14.3 Å². The molecule has 10 nitrogen and oxygen atoms in total. The fourth-order valence-corrected chi connectivity index (χ4v) is 4.24. The van der Waals surface area contributed by atoms with Gasteiger partial charge < -0.3 is 20.9 Å². The van der Waals surface area contributed by atoms with E-state index >= 15 is 0 Å². The number of fused-ring (bicyclic) bond motifs is 2. The molecule has 34 heavy (non-hydrogen) atoms. The third kappa shape index (κ3) is 3.70. The number of hydrogen-bond donors (Lipinski definition) is 3. The van der Waals surface area contributed by atoms with Crippen molar-refractivity contribution < 1.29 is 9.59 Å². The lowest BCUT2D eigenvalue weighted by molar-refractivity contribution is -0.136. The number of benzene rings is 1. The number of likely N-dealkylation sites (tertiary alicyclic amines) is 1. The van der Waals surface area contributed by atoms with Gasteiger partial charge in [-0.25, -0.2) is 9.97 Å². The topological polar surface area (TPSA) is 135 Å². The van der Waals surface area contributed by atoms with E-state index in [4.69, 9.17) is 17.3 Å². The van der Waals surface area contributed by atoms with E-state index in [1.807, 2.05) is 19.2 Å². The van der Waals surface area contributed by atoms with Gasteiger partial charge in [-0.1, -0.05) is 18.2 Å². The summed E-state index contributed by atoms with van der Waals surface area (Å²) in [5, 5.41) is 8.83. The minimum Gasteiger partial charge on any atom is -0.344 e. The van der Waals surface area contributed by atoms with Gasteiger partial charge in [0.25, 0.3) is 5.91 Å². The summed E-state index contributed by atoms with van der Waals surface area (Å²) in [5.74, 6) is -0.686. The summed E-state index contributed by atoms with van der Waals surface area (Å²) in [6.07, 6.45) is 3.13. The second kappa shape index (κ2) is 8.23. The summed E-state index contributed by atoms with van der Waals surface area (Å²) in [7, 11) is 1.82. The molecule has 4 N–H and O–H groups in total. The first-order valence-electron chi connectivity index (χ1n) is 10.7. The van der Waals surface area contributed by atoms with Crippen LogP contribution in [0.1, 0.15) is 17.3 Å². The molecule has 0 unspecified atom stereocenters. The van der Waals surface area contributed by atoms with Gasteiger partial charge in [-0.2, -0.15) is 5.10 Å². The van der Waals surface area contributed by atoms with Gasteiger partial charge in [0.15, 0.2) is 5.65 Å². The van der Waals surface area contributed by atoms with Gasteiger partial charge in [-0.15, -0.1) is 0 Å². The Labute approximate surface area is 199 Å². The maximum absolute atomic E-state index is 13.2. The lowest BCUT2D eigenvalue weighted by atomic mass is 10.0. The summed E-state index contributed by atoms with van der Waals surface area (Å²) in [4.78, 5) is 39.7. The summed E-state index contributed by atoms with van der Waals surface area (Å²) >= 11 is 6.13. The Morgan fingerprint density at radius 1 is 1.35 bits per heavy atom. The molecule has 1 aliphatic rings. The number of amides is 2. The van der Waals surface area contributed by atoms with Crippen LogP contribution in [0.4, 0.5) is 0 Å². The Kier molecular flexibility index (Phi) is 5.34. The molecule has 0 spiro atoms. The SMILES string of the molecule is C=C(C)[C@@H](NC(=O)c1c[nH]c2ncc(-c3nn(C)c4cc(Cl)ccc34)nc12)C(=O)N1CC(N)C1. The zero-order chi connectivity index (χ0) is 24.1. The molecule has 1 saturated heterocycles.